The zero-order valence-corrected chi connectivity index (χ0v) is 18.4. The highest BCUT2D eigenvalue weighted by Crippen LogP contribution is 2.36. The maximum atomic E-state index is 13.0. The number of anilines is 2. The van der Waals surface area contributed by atoms with Gasteiger partial charge in [0.1, 0.15) is 5.75 Å². The van der Waals surface area contributed by atoms with Crippen molar-refractivity contribution in [2.45, 2.75) is 6.18 Å². The Kier molecular flexibility index (Phi) is 7.41. The first-order valence-electron chi connectivity index (χ1n) is 9.46. The fourth-order valence-electron chi connectivity index (χ4n) is 2.64. The second kappa shape index (κ2) is 10.3. The average molecular weight is 496 g/mol. The quantitative estimate of drug-likeness (QED) is 0.445. The zero-order chi connectivity index (χ0) is 24.9. The van der Waals surface area contributed by atoms with E-state index < -0.39 is 28.7 Å². The number of halogens is 4. The predicted molar refractivity (Wildman–Crippen MR) is 118 cm³/mol. The number of ether oxygens (including phenoxy) is 2. The molecule has 0 radical (unpaired) electrons. The Morgan fingerprint density at radius 3 is 2.29 bits per heavy atom. The molecule has 0 unspecified atom stereocenters. The molecular weight excluding hydrogens is 479 g/mol. The Morgan fingerprint density at radius 2 is 1.68 bits per heavy atom. The summed E-state index contributed by atoms with van der Waals surface area (Å²) in [6, 6.07) is 8.32. The lowest BCUT2D eigenvalue weighted by molar-refractivity contribution is -0.137. The van der Waals surface area contributed by atoms with Crippen LogP contribution in [-0.4, -0.2) is 36.1 Å². The number of aromatic nitrogens is 2. The van der Waals surface area contributed by atoms with Gasteiger partial charge in [-0.15, -0.1) is 0 Å². The van der Waals surface area contributed by atoms with E-state index in [4.69, 9.17) is 21.1 Å². The van der Waals surface area contributed by atoms with Gasteiger partial charge in [-0.1, -0.05) is 11.6 Å². The number of methoxy groups -OCH3 is 1. The Morgan fingerprint density at radius 1 is 1.03 bits per heavy atom. The molecular formula is C21H17ClF3N5O4. The van der Waals surface area contributed by atoms with E-state index >= 15 is 0 Å². The summed E-state index contributed by atoms with van der Waals surface area (Å²) in [5.41, 5.74) is -0.800. The van der Waals surface area contributed by atoms with Crippen molar-refractivity contribution in [3.05, 3.63) is 65.1 Å². The van der Waals surface area contributed by atoms with Crippen LogP contribution in [0.4, 0.5) is 29.3 Å². The number of urea groups is 1. The SMILES string of the molecule is CNC(=O)c1ncc(Oc2ccc(NC(=O)Nc3ccc(Cl)c(C(F)(F)F)c3)cc2)c(OC)n1. The molecule has 0 fully saturated rings. The molecule has 3 N–H and O–H groups in total. The molecule has 3 rings (SSSR count). The molecule has 0 saturated carbocycles. The molecule has 1 heterocycles. The van der Waals surface area contributed by atoms with Crippen LogP contribution in [-0.2, 0) is 6.18 Å². The van der Waals surface area contributed by atoms with Gasteiger partial charge in [0.15, 0.2) is 0 Å². The van der Waals surface area contributed by atoms with E-state index in [-0.39, 0.29) is 23.1 Å². The maximum Gasteiger partial charge on any atom is 0.417 e. The van der Waals surface area contributed by atoms with Crippen LogP contribution in [0.2, 0.25) is 5.02 Å². The summed E-state index contributed by atoms with van der Waals surface area (Å²) in [6.45, 7) is 0. The van der Waals surface area contributed by atoms with Crippen molar-refractivity contribution in [1.82, 2.24) is 15.3 Å². The number of alkyl halides is 3. The summed E-state index contributed by atoms with van der Waals surface area (Å²) in [7, 11) is 2.79. The Balaban J connectivity index is 1.65. The summed E-state index contributed by atoms with van der Waals surface area (Å²) in [5.74, 6) is -0.0617. The van der Waals surface area contributed by atoms with Crippen LogP contribution in [0.25, 0.3) is 0 Å². The largest absolute Gasteiger partial charge is 0.478 e. The first-order valence-corrected chi connectivity index (χ1v) is 9.84. The fourth-order valence-corrected chi connectivity index (χ4v) is 2.86. The monoisotopic (exact) mass is 495 g/mol. The van der Waals surface area contributed by atoms with Gasteiger partial charge < -0.3 is 25.4 Å². The van der Waals surface area contributed by atoms with E-state index in [1.54, 1.807) is 0 Å². The molecule has 0 aliphatic rings. The summed E-state index contributed by atoms with van der Waals surface area (Å²) in [5, 5.41) is 6.72. The maximum absolute atomic E-state index is 13.0. The Hall–Kier alpha value is -4.06. The van der Waals surface area contributed by atoms with Crippen molar-refractivity contribution >= 4 is 34.9 Å². The lowest BCUT2D eigenvalue weighted by atomic mass is 10.2. The van der Waals surface area contributed by atoms with Gasteiger partial charge in [-0.05, 0) is 42.5 Å². The molecule has 0 aliphatic heterocycles. The van der Waals surface area contributed by atoms with Gasteiger partial charge in [0.05, 0.1) is 23.9 Å². The molecule has 0 bridgehead atoms. The molecule has 0 atom stereocenters. The minimum Gasteiger partial charge on any atom is -0.478 e. The van der Waals surface area contributed by atoms with E-state index in [1.807, 2.05) is 0 Å². The van der Waals surface area contributed by atoms with Crippen LogP contribution < -0.4 is 25.4 Å². The predicted octanol–water partition coefficient (Wildman–Crippen LogP) is 4.95. The van der Waals surface area contributed by atoms with Gasteiger partial charge >= 0.3 is 12.2 Å². The van der Waals surface area contributed by atoms with Gasteiger partial charge in [0, 0.05) is 18.4 Å². The second-order valence-electron chi connectivity index (χ2n) is 6.54. The number of amides is 3. The normalized spacial score (nSPS) is 10.9. The molecule has 9 nitrogen and oxygen atoms in total. The Labute approximate surface area is 196 Å². The topological polar surface area (TPSA) is 114 Å². The van der Waals surface area contributed by atoms with Gasteiger partial charge in [-0.3, -0.25) is 4.79 Å². The summed E-state index contributed by atoms with van der Waals surface area (Å²) in [6.07, 6.45) is -3.38. The minimum atomic E-state index is -4.66. The van der Waals surface area contributed by atoms with Crippen molar-refractivity contribution < 1.29 is 32.2 Å². The molecule has 3 amide bonds. The Bertz CT molecular complexity index is 1210. The smallest absolute Gasteiger partial charge is 0.417 e. The number of nitrogens with zero attached hydrogens (tertiary/aromatic N) is 2. The van der Waals surface area contributed by atoms with Gasteiger partial charge in [0.25, 0.3) is 11.8 Å². The highest BCUT2D eigenvalue weighted by atomic mass is 35.5. The van der Waals surface area contributed by atoms with Gasteiger partial charge in [-0.25, -0.2) is 9.78 Å². The number of benzene rings is 2. The number of rotatable bonds is 6. The number of carbonyl (C=O) groups is 2. The van der Waals surface area contributed by atoms with Crippen LogP contribution >= 0.6 is 11.6 Å². The van der Waals surface area contributed by atoms with Crippen LogP contribution in [0.5, 0.6) is 17.4 Å². The third kappa shape index (κ3) is 6.04. The molecule has 2 aromatic carbocycles. The van der Waals surface area contributed by atoms with E-state index in [1.165, 1.54) is 50.7 Å². The van der Waals surface area contributed by atoms with E-state index in [9.17, 15) is 22.8 Å². The van der Waals surface area contributed by atoms with E-state index in [0.29, 0.717) is 11.4 Å². The molecule has 0 saturated heterocycles. The van der Waals surface area contributed by atoms with Crippen LogP contribution in [0.15, 0.2) is 48.7 Å². The average Bonchev–Trinajstić information content (AvgIpc) is 2.80. The van der Waals surface area contributed by atoms with Crippen molar-refractivity contribution in [2.24, 2.45) is 0 Å². The van der Waals surface area contributed by atoms with Crippen molar-refractivity contribution in [3.63, 3.8) is 0 Å². The van der Waals surface area contributed by atoms with Gasteiger partial charge in [-0.2, -0.15) is 18.2 Å². The van der Waals surface area contributed by atoms with Crippen LogP contribution in [0.3, 0.4) is 0 Å². The molecule has 0 aliphatic carbocycles. The number of hydrogen-bond donors (Lipinski definition) is 3. The van der Waals surface area contributed by atoms with Crippen LogP contribution in [0, 0.1) is 0 Å². The number of carbonyl (C=O) groups excluding carboxylic acids is 2. The first-order chi connectivity index (χ1) is 16.1. The van der Waals surface area contributed by atoms with E-state index in [2.05, 4.69) is 25.9 Å². The molecule has 13 heteroatoms. The molecule has 1 aromatic heterocycles. The zero-order valence-electron chi connectivity index (χ0n) is 17.7. The molecule has 3 aromatic rings. The van der Waals surface area contributed by atoms with Crippen molar-refractivity contribution in [2.75, 3.05) is 24.8 Å². The molecule has 0 spiro atoms. The van der Waals surface area contributed by atoms with E-state index in [0.717, 1.165) is 12.1 Å². The second-order valence-corrected chi connectivity index (χ2v) is 6.95. The summed E-state index contributed by atoms with van der Waals surface area (Å²) in [4.78, 5) is 31.7. The highest BCUT2D eigenvalue weighted by Gasteiger charge is 2.33. The summed E-state index contributed by atoms with van der Waals surface area (Å²) >= 11 is 5.57. The highest BCUT2D eigenvalue weighted by molar-refractivity contribution is 6.31. The summed E-state index contributed by atoms with van der Waals surface area (Å²) < 4.78 is 49.7. The van der Waals surface area contributed by atoms with Crippen molar-refractivity contribution in [1.29, 1.82) is 0 Å². The standard InChI is InChI=1S/C21H17ClF3N5O4/c1-26-18(31)17-27-10-16(19(30-17)33-2)34-13-6-3-11(4-7-13)28-20(32)29-12-5-8-15(22)14(9-12)21(23,24)25/h3-10H,1-2H3,(H,26,31)(H2,28,29,32). The lowest BCUT2D eigenvalue weighted by Gasteiger charge is -2.13. The third-order valence-corrected chi connectivity index (χ3v) is 4.55. The van der Waals surface area contributed by atoms with Crippen molar-refractivity contribution in [3.8, 4) is 17.4 Å². The molecule has 178 valence electrons. The number of hydrogen-bond acceptors (Lipinski definition) is 6. The number of nitrogens with one attached hydrogen (secondary N) is 3. The minimum absolute atomic E-state index is 0.0383. The van der Waals surface area contributed by atoms with Gasteiger partial charge in [0.2, 0.25) is 11.6 Å². The third-order valence-electron chi connectivity index (χ3n) is 4.22. The lowest BCUT2D eigenvalue weighted by Crippen LogP contribution is -2.21. The van der Waals surface area contributed by atoms with Crippen LogP contribution in [0.1, 0.15) is 16.2 Å². The molecule has 34 heavy (non-hydrogen) atoms. The first kappa shape index (κ1) is 24.6. The fraction of sp³-hybridized carbons (Fsp3) is 0.143.